The van der Waals surface area contributed by atoms with Crippen LogP contribution in [0, 0.1) is 11.3 Å². The smallest absolute Gasteiger partial charge is 0.245 e. The van der Waals surface area contributed by atoms with Crippen LogP contribution >= 0.6 is 10.7 Å². The molecule has 2 aliphatic rings. The number of rotatable bonds is 1. The van der Waals surface area contributed by atoms with Crippen molar-refractivity contribution in [1.29, 1.82) is 0 Å². The Kier molecular flexibility index (Phi) is 1.88. The van der Waals surface area contributed by atoms with Gasteiger partial charge >= 0.3 is 0 Å². The van der Waals surface area contributed by atoms with Crippen molar-refractivity contribution in [3.05, 3.63) is 0 Å². The summed E-state index contributed by atoms with van der Waals surface area (Å²) < 4.78 is 21.9. The van der Waals surface area contributed by atoms with E-state index in [0.717, 1.165) is 6.42 Å². The van der Waals surface area contributed by atoms with E-state index >= 15 is 0 Å². The monoisotopic (exact) mass is 236 g/mol. The Morgan fingerprint density at radius 2 is 2.00 bits per heavy atom. The van der Waals surface area contributed by atoms with Crippen LogP contribution in [0.2, 0.25) is 0 Å². The number of carbonyl (C=O) groups excluding carboxylic acids is 1. The van der Waals surface area contributed by atoms with E-state index in [1.807, 2.05) is 13.8 Å². The van der Waals surface area contributed by atoms with Gasteiger partial charge in [0, 0.05) is 17.1 Å². The molecule has 5 heteroatoms. The van der Waals surface area contributed by atoms with Crippen molar-refractivity contribution in [3.63, 3.8) is 0 Å². The SMILES string of the molecule is CC1(C)[C@@H]2CC[C@@]1(S(=O)(=O)Cl)C(=O)C2. The number of halogens is 1. The van der Waals surface area contributed by atoms with Gasteiger partial charge in [0.1, 0.15) is 0 Å². The van der Waals surface area contributed by atoms with Gasteiger partial charge in [-0.05, 0) is 24.2 Å². The summed E-state index contributed by atoms with van der Waals surface area (Å²) >= 11 is 0. The molecule has 3 nitrogen and oxygen atoms in total. The summed E-state index contributed by atoms with van der Waals surface area (Å²) in [6.07, 6.45) is 1.57. The van der Waals surface area contributed by atoms with E-state index < -0.39 is 19.2 Å². The van der Waals surface area contributed by atoms with Crippen molar-refractivity contribution < 1.29 is 13.2 Å². The van der Waals surface area contributed by atoms with Crippen molar-refractivity contribution in [3.8, 4) is 0 Å². The van der Waals surface area contributed by atoms with Crippen LogP contribution in [-0.2, 0) is 13.8 Å². The van der Waals surface area contributed by atoms with Gasteiger partial charge in [-0.25, -0.2) is 8.42 Å². The molecule has 2 rings (SSSR count). The maximum absolute atomic E-state index is 11.8. The van der Waals surface area contributed by atoms with Gasteiger partial charge < -0.3 is 0 Å². The van der Waals surface area contributed by atoms with Gasteiger partial charge in [-0.2, -0.15) is 0 Å². The molecule has 0 unspecified atom stereocenters. The topological polar surface area (TPSA) is 51.2 Å². The van der Waals surface area contributed by atoms with Crippen LogP contribution in [0.1, 0.15) is 33.1 Å². The Morgan fingerprint density at radius 3 is 2.21 bits per heavy atom. The van der Waals surface area contributed by atoms with Crippen LogP contribution in [0.15, 0.2) is 0 Å². The molecular weight excluding hydrogens is 224 g/mol. The molecule has 0 aromatic carbocycles. The molecule has 0 spiro atoms. The summed E-state index contributed by atoms with van der Waals surface area (Å²) in [6.45, 7) is 3.69. The third-order valence-corrected chi connectivity index (χ3v) is 6.79. The van der Waals surface area contributed by atoms with E-state index in [2.05, 4.69) is 0 Å². The summed E-state index contributed by atoms with van der Waals surface area (Å²) in [4.78, 5) is 11.8. The van der Waals surface area contributed by atoms with Crippen LogP contribution < -0.4 is 0 Å². The summed E-state index contributed by atoms with van der Waals surface area (Å²) in [6, 6.07) is 0. The second-order valence-electron chi connectivity index (χ2n) is 4.85. The summed E-state index contributed by atoms with van der Waals surface area (Å²) in [5, 5.41) is 0. The van der Waals surface area contributed by atoms with Crippen LogP contribution in [0.3, 0.4) is 0 Å². The third-order valence-electron chi connectivity index (χ3n) is 4.20. The van der Waals surface area contributed by atoms with E-state index in [1.54, 1.807) is 0 Å². The predicted octanol–water partition coefficient (Wildman–Crippen LogP) is 1.70. The molecule has 2 bridgehead atoms. The fourth-order valence-electron chi connectivity index (χ4n) is 3.21. The number of fused-ring (bicyclic) bond motifs is 2. The lowest BCUT2D eigenvalue weighted by Crippen LogP contribution is -2.48. The first-order valence-corrected chi connectivity index (χ1v) is 7.02. The molecule has 0 N–H and O–H groups in total. The Labute approximate surface area is 88.2 Å². The summed E-state index contributed by atoms with van der Waals surface area (Å²) in [5.41, 5.74) is -0.495. The fraction of sp³-hybridized carbons (Fsp3) is 0.889. The van der Waals surface area contributed by atoms with Gasteiger partial charge in [-0.1, -0.05) is 13.8 Å². The highest BCUT2D eigenvalue weighted by Crippen LogP contribution is 2.62. The molecule has 14 heavy (non-hydrogen) atoms. The summed E-state index contributed by atoms with van der Waals surface area (Å²) in [7, 11) is 1.65. The quantitative estimate of drug-likeness (QED) is 0.652. The van der Waals surface area contributed by atoms with Gasteiger partial charge in [0.15, 0.2) is 10.5 Å². The van der Waals surface area contributed by atoms with E-state index in [9.17, 15) is 13.2 Å². The molecule has 0 aliphatic heterocycles. The lowest BCUT2D eigenvalue weighted by atomic mass is 9.81. The number of ketones is 1. The maximum Gasteiger partial charge on any atom is 0.245 e. The zero-order valence-electron chi connectivity index (χ0n) is 8.21. The highest BCUT2D eigenvalue weighted by atomic mass is 35.7. The zero-order chi connectivity index (χ0) is 10.8. The highest BCUT2D eigenvalue weighted by molar-refractivity contribution is 8.15. The molecule has 0 aromatic rings. The maximum atomic E-state index is 11.8. The van der Waals surface area contributed by atoms with E-state index in [1.165, 1.54) is 0 Å². The lowest BCUT2D eigenvalue weighted by Gasteiger charge is -2.32. The first-order chi connectivity index (χ1) is 6.23. The minimum atomic E-state index is -3.81. The van der Waals surface area contributed by atoms with Crippen molar-refractivity contribution in [2.24, 2.45) is 11.3 Å². The highest BCUT2D eigenvalue weighted by Gasteiger charge is 2.70. The van der Waals surface area contributed by atoms with E-state index in [4.69, 9.17) is 10.7 Å². The van der Waals surface area contributed by atoms with Crippen molar-refractivity contribution in [2.75, 3.05) is 0 Å². The molecular formula is C9H13ClO3S. The molecule has 80 valence electrons. The molecule has 2 atom stereocenters. The van der Waals surface area contributed by atoms with Gasteiger partial charge in [-0.3, -0.25) is 4.79 Å². The standard InChI is InChI=1S/C9H13ClO3S/c1-8(2)6-3-4-9(8,7(11)5-6)14(10,12)13/h6H,3-5H2,1-2H3/t6-,9-/m1/s1. The number of hydrogen-bond acceptors (Lipinski definition) is 3. The van der Waals surface area contributed by atoms with Gasteiger partial charge in [0.25, 0.3) is 0 Å². The molecule has 0 saturated heterocycles. The van der Waals surface area contributed by atoms with Crippen LogP contribution in [0.4, 0.5) is 0 Å². The van der Waals surface area contributed by atoms with Crippen LogP contribution in [-0.4, -0.2) is 18.9 Å². The normalized spacial score (nSPS) is 40.5. The average Bonchev–Trinajstić information content (AvgIpc) is 2.34. The number of carbonyl (C=O) groups is 1. The molecule has 0 aromatic heterocycles. The molecule has 2 saturated carbocycles. The Balaban J connectivity index is 2.68. The fourth-order valence-corrected chi connectivity index (χ4v) is 5.81. The minimum Gasteiger partial charge on any atom is -0.298 e. The first kappa shape index (κ1) is 10.4. The second-order valence-corrected chi connectivity index (χ2v) is 7.64. The number of Topliss-reactive ketones (excluding diaryl/α,β-unsaturated/α-hetero) is 1. The average molecular weight is 237 g/mol. The molecule has 0 heterocycles. The molecule has 2 aliphatic carbocycles. The van der Waals surface area contributed by atoms with E-state index in [0.29, 0.717) is 12.8 Å². The van der Waals surface area contributed by atoms with Gasteiger partial charge in [0.2, 0.25) is 9.05 Å². The summed E-state index contributed by atoms with van der Waals surface area (Å²) in [5.74, 6) is -0.00252. The second kappa shape index (κ2) is 2.53. The zero-order valence-corrected chi connectivity index (χ0v) is 9.78. The number of hydrogen-bond donors (Lipinski definition) is 0. The Hall–Kier alpha value is -0.0900. The van der Waals surface area contributed by atoms with Crippen molar-refractivity contribution in [1.82, 2.24) is 0 Å². The first-order valence-electron chi connectivity index (χ1n) is 4.71. The molecule has 0 amide bonds. The lowest BCUT2D eigenvalue weighted by molar-refractivity contribution is -0.121. The van der Waals surface area contributed by atoms with Crippen molar-refractivity contribution in [2.45, 2.75) is 37.9 Å². The Morgan fingerprint density at radius 1 is 1.43 bits per heavy atom. The van der Waals surface area contributed by atoms with Crippen LogP contribution in [0.25, 0.3) is 0 Å². The van der Waals surface area contributed by atoms with Gasteiger partial charge in [0.05, 0.1) is 0 Å². The minimum absolute atomic E-state index is 0.184. The molecule has 2 fully saturated rings. The van der Waals surface area contributed by atoms with Gasteiger partial charge in [-0.15, -0.1) is 0 Å². The molecule has 0 radical (unpaired) electrons. The Bertz CT molecular complexity index is 398. The van der Waals surface area contributed by atoms with E-state index in [-0.39, 0.29) is 11.7 Å². The van der Waals surface area contributed by atoms with Crippen molar-refractivity contribution >= 4 is 25.5 Å². The largest absolute Gasteiger partial charge is 0.298 e. The third kappa shape index (κ3) is 0.890. The predicted molar refractivity (Wildman–Crippen MR) is 53.6 cm³/mol. The van der Waals surface area contributed by atoms with Crippen LogP contribution in [0.5, 0.6) is 0 Å².